The third-order valence-electron chi connectivity index (χ3n) is 4.42. The van der Waals surface area contributed by atoms with Crippen LogP contribution in [0.4, 0.5) is 8.78 Å². The smallest absolute Gasteiger partial charge is 0.274 e. The first-order chi connectivity index (χ1) is 11.2. The topological polar surface area (TPSA) is 26.5 Å². The molecule has 0 amide bonds. The van der Waals surface area contributed by atoms with Crippen LogP contribution in [0.1, 0.15) is 31.9 Å². The van der Waals surface area contributed by atoms with Crippen molar-refractivity contribution in [1.29, 1.82) is 0 Å². The zero-order valence-electron chi connectivity index (χ0n) is 14.2. The summed E-state index contributed by atoms with van der Waals surface area (Å²) < 4.78 is 34.4. The van der Waals surface area contributed by atoms with Crippen LogP contribution in [0.5, 0.6) is 0 Å². The van der Waals surface area contributed by atoms with Gasteiger partial charge in [0, 0.05) is 20.2 Å². The lowest BCUT2D eigenvalue weighted by molar-refractivity contribution is 0.0187. The molecule has 0 saturated carbocycles. The Kier molecular flexibility index (Phi) is 3.92. The van der Waals surface area contributed by atoms with Crippen molar-refractivity contribution >= 4 is 5.52 Å². The lowest BCUT2D eigenvalue weighted by atomic mass is 9.95. The van der Waals surface area contributed by atoms with Crippen LogP contribution in [0.3, 0.4) is 0 Å². The number of nitrogens with zero attached hydrogens (tertiary/aromatic N) is 2. The van der Waals surface area contributed by atoms with Gasteiger partial charge in [-0.25, -0.2) is 13.3 Å². The molecule has 0 spiro atoms. The van der Waals surface area contributed by atoms with Crippen LogP contribution in [0.15, 0.2) is 48.8 Å². The molecule has 3 aromatic rings. The van der Waals surface area contributed by atoms with E-state index in [1.807, 2.05) is 44.2 Å². The quantitative estimate of drug-likeness (QED) is 0.673. The molecule has 3 rings (SSSR count). The number of fused-ring (bicyclic) bond motifs is 1. The van der Waals surface area contributed by atoms with Crippen LogP contribution in [-0.2, 0) is 16.3 Å². The number of hydrogen-bond donors (Lipinski definition) is 0. The molecule has 0 atom stereocenters. The molecule has 0 bridgehead atoms. The second kappa shape index (κ2) is 5.67. The molecule has 0 aliphatic rings. The van der Waals surface area contributed by atoms with Gasteiger partial charge in [0.15, 0.2) is 0 Å². The summed E-state index contributed by atoms with van der Waals surface area (Å²) in [5, 5.41) is 4.00. The third-order valence-corrected chi connectivity index (χ3v) is 4.42. The molecule has 0 radical (unpaired) electrons. The molecular formula is C19H20F2N2O. The molecule has 1 aromatic carbocycles. The summed E-state index contributed by atoms with van der Waals surface area (Å²) >= 11 is 0. The normalized spacial score (nSPS) is 12.8. The van der Waals surface area contributed by atoms with Crippen molar-refractivity contribution in [3.05, 3.63) is 59.9 Å². The summed E-state index contributed by atoms with van der Waals surface area (Å²) in [6.07, 6.45) is 2.93. The molecule has 2 heterocycles. The Balaban J connectivity index is 2.04. The lowest BCUT2D eigenvalue weighted by Gasteiger charge is -2.23. The van der Waals surface area contributed by atoms with Crippen molar-refractivity contribution in [2.24, 2.45) is 0 Å². The molecule has 24 heavy (non-hydrogen) atoms. The number of hydrogen-bond acceptors (Lipinski definition) is 2. The first kappa shape index (κ1) is 16.6. The monoisotopic (exact) mass is 330 g/mol. The Labute approximate surface area is 139 Å². The highest BCUT2D eigenvalue weighted by Crippen LogP contribution is 2.33. The summed E-state index contributed by atoms with van der Waals surface area (Å²) in [4.78, 5) is 0. The number of aromatic nitrogens is 2. The second-order valence-electron chi connectivity index (χ2n) is 6.48. The summed E-state index contributed by atoms with van der Waals surface area (Å²) in [7, 11) is 1.67. The van der Waals surface area contributed by atoms with E-state index in [0.717, 1.165) is 23.6 Å². The molecule has 3 nitrogen and oxygen atoms in total. The van der Waals surface area contributed by atoms with Crippen molar-refractivity contribution in [1.82, 2.24) is 9.61 Å². The van der Waals surface area contributed by atoms with E-state index in [1.165, 1.54) is 10.7 Å². The Morgan fingerprint density at radius 2 is 1.67 bits per heavy atom. The summed E-state index contributed by atoms with van der Waals surface area (Å²) in [5.41, 5.74) is 2.86. The predicted octanol–water partition coefficient (Wildman–Crippen LogP) is 4.99. The van der Waals surface area contributed by atoms with Gasteiger partial charge >= 0.3 is 0 Å². The van der Waals surface area contributed by atoms with Crippen molar-refractivity contribution in [2.45, 2.75) is 32.3 Å². The minimum absolute atomic E-state index is 0.0681. The van der Waals surface area contributed by atoms with Crippen LogP contribution in [0.2, 0.25) is 0 Å². The standard InChI is InChI=1S/C19H20F2N2O/c1-18(2,24-4)15-7-5-13(6-8-15)14-9-10-23-17(11-14)16(12-22-23)19(3,20)21/h5-12H,1-4H3. The fraction of sp³-hybridized carbons (Fsp3) is 0.316. The molecule has 0 N–H and O–H groups in total. The number of ether oxygens (including phenoxy) is 1. The Morgan fingerprint density at radius 1 is 1.00 bits per heavy atom. The highest BCUT2D eigenvalue weighted by molar-refractivity contribution is 5.71. The molecule has 5 heteroatoms. The number of methoxy groups -OCH3 is 1. The maximum Gasteiger partial charge on any atom is 0.274 e. The maximum absolute atomic E-state index is 13.7. The Morgan fingerprint density at radius 3 is 2.25 bits per heavy atom. The molecule has 0 fully saturated rings. The fourth-order valence-corrected chi connectivity index (χ4v) is 2.68. The minimum atomic E-state index is -2.92. The molecule has 0 saturated heterocycles. The van der Waals surface area contributed by atoms with Crippen LogP contribution in [0, 0.1) is 0 Å². The van der Waals surface area contributed by atoms with Crippen LogP contribution in [0.25, 0.3) is 16.6 Å². The van der Waals surface area contributed by atoms with Crippen molar-refractivity contribution in [3.63, 3.8) is 0 Å². The van der Waals surface area contributed by atoms with Crippen LogP contribution in [-0.4, -0.2) is 16.7 Å². The first-order valence-corrected chi connectivity index (χ1v) is 7.74. The van der Waals surface area contributed by atoms with Crippen molar-refractivity contribution in [2.75, 3.05) is 7.11 Å². The number of benzene rings is 1. The van der Waals surface area contributed by atoms with Gasteiger partial charge in [-0.3, -0.25) is 0 Å². The van der Waals surface area contributed by atoms with E-state index in [4.69, 9.17) is 4.74 Å². The van der Waals surface area contributed by atoms with Crippen molar-refractivity contribution < 1.29 is 13.5 Å². The average molecular weight is 330 g/mol. The van der Waals surface area contributed by atoms with Crippen molar-refractivity contribution in [3.8, 4) is 11.1 Å². The SMILES string of the molecule is COC(C)(C)c1ccc(-c2ccn3ncc(C(C)(F)F)c3c2)cc1. The second-order valence-corrected chi connectivity index (χ2v) is 6.48. The highest BCUT2D eigenvalue weighted by Gasteiger charge is 2.28. The number of rotatable bonds is 4. The van der Waals surface area contributed by atoms with Crippen LogP contribution >= 0.6 is 0 Å². The summed E-state index contributed by atoms with van der Waals surface area (Å²) in [6.45, 7) is 4.88. The maximum atomic E-state index is 13.7. The summed E-state index contributed by atoms with van der Waals surface area (Å²) in [5.74, 6) is -2.92. The van der Waals surface area contributed by atoms with Gasteiger partial charge in [0.05, 0.1) is 22.9 Å². The molecule has 0 aliphatic carbocycles. The van der Waals surface area contributed by atoms with Gasteiger partial charge in [0.1, 0.15) is 0 Å². The fourth-order valence-electron chi connectivity index (χ4n) is 2.68. The Bertz CT molecular complexity index is 861. The van der Waals surface area contributed by atoms with Gasteiger partial charge in [-0.15, -0.1) is 0 Å². The zero-order chi connectivity index (χ0) is 17.5. The number of pyridine rings is 1. The van der Waals surface area contributed by atoms with E-state index in [0.29, 0.717) is 5.52 Å². The van der Waals surface area contributed by atoms with E-state index in [1.54, 1.807) is 19.4 Å². The van der Waals surface area contributed by atoms with E-state index >= 15 is 0 Å². The lowest BCUT2D eigenvalue weighted by Crippen LogP contribution is -2.19. The van der Waals surface area contributed by atoms with Gasteiger partial charge in [0.2, 0.25) is 0 Å². The van der Waals surface area contributed by atoms with E-state index < -0.39 is 5.92 Å². The Hall–Kier alpha value is -2.27. The average Bonchev–Trinajstić information content (AvgIpc) is 2.98. The predicted molar refractivity (Wildman–Crippen MR) is 90.2 cm³/mol. The highest BCUT2D eigenvalue weighted by atomic mass is 19.3. The van der Waals surface area contributed by atoms with E-state index in [2.05, 4.69) is 5.10 Å². The van der Waals surface area contributed by atoms with E-state index in [-0.39, 0.29) is 11.2 Å². The van der Waals surface area contributed by atoms with E-state index in [9.17, 15) is 8.78 Å². The van der Waals surface area contributed by atoms with Gasteiger partial charge in [-0.2, -0.15) is 5.10 Å². The molecule has 0 aliphatic heterocycles. The van der Waals surface area contributed by atoms with Crippen LogP contribution < -0.4 is 0 Å². The van der Waals surface area contributed by atoms with Gasteiger partial charge in [-0.1, -0.05) is 24.3 Å². The third kappa shape index (κ3) is 2.91. The largest absolute Gasteiger partial charge is 0.374 e. The first-order valence-electron chi connectivity index (χ1n) is 7.74. The van der Waals surface area contributed by atoms with Gasteiger partial charge in [-0.05, 0) is 42.7 Å². The number of alkyl halides is 2. The van der Waals surface area contributed by atoms with Gasteiger partial charge in [0.25, 0.3) is 5.92 Å². The number of halogens is 2. The zero-order valence-corrected chi connectivity index (χ0v) is 14.2. The molecule has 2 aromatic heterocycles. The summed E-state index contributed by atoms with van der Waals surface area (Å²) in [6, 6.07) is 11.6. The van der Waals surface area contributed by atoms with Gasteiger partial charge < -0.3 is 4.74 Å². The molecule has 126 valence electrons. The minimum Gasteiger partial charge on any atom is -0.374 e. The molecular weight excluding hydrogens is 310 g/mol. The molecule has 0 unspecified atom stereocenters.